The fourth-order valence-electron chi connectivity index (χ4n) is 1.70. The second kappa shape index (κ2) is 7.09. The molecule has 0 radical (unpaired) electrons. The van der Waals surface area contributed by atoms with Gasteiger partial charge in [-0.2, -0.15) is 4.99 Å². The Morgan fingerprint density at radius 1 is 1.19 bits per heavy atom. The summed E-state index contributed by atoms with van der Waals surface area (Å²) < 4.78 is 0. The maximum atomic E-state index is 5.87. The smallest absolute Gasteiger partial charge is 0.218 e. The number of unbranched alkanes of at least 4 members (excludes halogenated alkanes) is 1. The molecule has 0 aromatic carbocycles. The number of nitrogens with zero attached hydrogens (tertiary/aromatic N) is 3. The van der Waals surface area contributed by atoms with Crippen molar-refractivity contribution in [3.63, 3.8) is 0 Å². The van der Waals surface area contributed by atoms with Crippen molar-refractivity contribution >= 4 is 11.9 Å². The van der Waals surface area contributed by atoms with Gasteiger partial charge >= 0.3 is 0 Å². The quantitative estimate of drug-likeness (QED) is 0.425. The van der Waals surface area contributed by atoms with Crippen molar-refractivity contribution in [2.24, 2.45) is 21.5 Å². The molecule has 5 heteroatoms. The van der Waals surface area contributed by atoms with Gasteiger partial charge in [0.1, 0.15) is 0 Å². The number of aliphatic imine (C=N–C) groups is 2. The highest BCUT2D eigenvalue weighted by molar-refractivity contribution is 5.93. The van der Waals surface area contributed by atoms with Crippen molar-refractivity contribution in [2.75, 3.05) is 19.6 Å². The Kier molecular flexibility index (Phi) is 5.67. The van der Waals surface area contributed by atoms with Crippen molar-refractivity contribution in [3.8, 4) is 0 Å². The minimum Gasteiger partial charge on any atom is -0.369 e. The van der Waals surface area contributed by atoms with Gasteiger partial charge in [0.25, 0.3) is 0 Å². The molecule has 0 aromatic rings. The van der Waals surface area contributed by atoms with E-state index in [-0.39, 0.29) is 0 Å². The van der Waals surface area contributed by atoms with Crippen LogP contribution in [0.3, 0.4) is 0 Å². The molecular weight excluding hydrogens is 202 g/mol. The number of hydrogen-bond donors (Lipinski definition) is 2. The zero-order chi connectivity index (χ0) is 11.8. The maximum Gasteiger partial charge on any atom is 0.218 e. The summed E-state index contributed by atoms with van der Waals surface area (Å²) in [6, 6.07) is 0. The average Bonchev–Trinajstić information content (AvgIpc) is 2.30. The Labute approximate surface area is 97.6 Å². The van der Waals surface area contributed by atoms with Gasteiger partial charge < -0.3 is 16.4 Å². The summed E-state index contributed by atoms with van der Waals surface area (Å²) in [5.74, 6) is 0.814. The van der Waals surface area contributed by atoms with Crippen LogP contribution in [0.2, 0.25) is 0 Å². The number of piperidine rings is 1. The van der Waals surface area contributed by atoms with Crippen LogP contribution in [0.1, 0.15) is 39.0 Å². The zero-order valence-corrected chi connectivity index (χ0v) is 10.2. The number of rotatable bonds is 3. The van der Waals surface area contributed by atoms with Gasteiger partial charge in [0.05, 0.1) is 0 Å². The van der Waals surface area contributed by atoms with E-state index >= 15 is 0 Å². The summed E-state index contributed by atoms with van der Waals surface area (Å²) in [6.07, 6.45) is 5.80. The van der Waals surface area contributed by atoms with E-state index < -0.39 is 0 Å². The van der Waals surface area contributed by atoms with E-state index in [1.807, 2.05) is 0 Å². The summed E-state index contributed by atoms with van der Waals surface area (Å²) in [7, 11) is 0. The summed E-state index contributed by atoms with van der Waals surface area (Å²) in [4.78, 5) is 10.3. The third kappa shape index (κ3) is 4.51. The van der Waals surface area contributed by atoms with Crippen LogP contribution in [-0.2, 0) is 0 Å². The molecule has 0 amide bonds. The largest absolute Gasteiger partial charge is 0.369 e. The lowest BCUT2D eigenvalue weighted by molar-refractivity contribution is 0.339. The first kappa shape index (κ1) is 12.8. The summed E-state index contributed by atoms with van der Waals surface area (Å²) in [6.45, 7) is 4.82. The molecule has 1 heterocycles. The van der Waals surface area contributed by atoms with Crippen LogP contribution in [-0.4, -0.2) is 36.5 Å². The fourth-order valence-corrected chi connectivity index (χ4v) is 1.70. The SMILES string of the molecule is CCCCN=C(N)/N=C(\N)N1CCCCC1. The van der Waals surface area contributed by atoms with Gasteiger partial charge in [0.2, 0.25) is 5.96 Å². The molecule has 92 valence electrons. The van der Waals surface area contributed by atoms with Crippen LogP contribution < -0.4 is 11.5 Å². The third-order valence-corrected chi connectivity index (χ3v) is 2.69. The van der Waals surface area contributed by atoms with Crippen molar-refractivity contribution in [2.45, 2.75) is 39.0 Å². The molecule has 0 aromatic heterocycles. The van der Waals surface area contributed by atoms with Crippen LogP contribution in [0.5, 0.6) is 0 Å². The van der Waals surface area contributed by atoms with Gasteiger partial charge in [-0.1, -0.05) is 13.3 Å². The summed E-state index contributed by atoms with van der Waals surface area (Å²) >= 11 is 0. The minimum absolute atomic E-state index is 0.302. The lowest BCUT2D eigenvalue weighted by Crippen LogP contribution is -2.41. The zero-order valence-electron chi connectivity index (χ0n) is 10.2. The van der Waals surface area contributed by atoms with Gasteiger partial charge in [-0.3, -0.25) is 4.99 Å². The molecule has 0 aliphatic carbocycles. The van der Waals surface area contributed by atoms with Gasteiger partial charge in [-0.15, -0.1) is 0 Å². The minimum atomic E-state index is 0.302. The highest BCUT2D eigenvalue weighted by atomic mass is 15.3. The fraction of sp³-hybridized carbons (Fsp3) is 0.818. The lowest BCUT2D eigenvalue weighted by Gasteiger charge is -2.27. The molecule has 1 fully saturated rings. The number of guanidine groups is 2. The number of likely N-dealkylation sites (tertiary alicyclic amines) is 1. The second-order valence-electron chi connectivity index (χ2n) is 4.11. The molecule has 0 spiro atoms. The van der Waals surface area contributed by atoms with Crippen LogP contribution in [0.4, 0.5) is 0 Å². The number of hydrogen-bond acceptors (Lipinski definition) is 1. The molecule has 1 aliphatic heterocycles. The number of nitrogens with two attached hydrogens (primary N) is 2. The third-order valence-electron chi connectivity index (χ3n) is 2.69. The predicted octanol–water partition coefficient (Wildman–Crippen LogP) is 0.902. The highest BCUT2D eigenvalue weighted by Crippen LogP contribution is 2.07. The topological polar surface area (TPSA) is 80.0 Å². The van der Waals surface area contributed by atoms with E-state index in [4.69, 9.17) is 11.5 Å². The van der Waals surface area contributed by atoms with E-state index in [1.165, 1.54) is 19.3 Å². The maximum absolute atomic E-state index is 5.87. The van der Waals surface area contributed by atoms with E-state index in [2.05, 4.69) is 21.8 Å². The predicted molar refractivity (Wildman–Crippen MR) is 68.4 cm³/mol. The normalized spacial score (nSPS) is 18.9. The molecular formula is C11H23N5. The molecule has 1 saturated heterocycles. The Bertz CT molecular complexity index is 253. The first-order valence-corrected chi connectivity index (χ1v) is 6.13. The van der Waals surface area contributed by atoms with Crippen molar-refractivity contribution in [3.05, 3.63) is 0 Å². The van der Waals surface area contributed by atoms with Crippen LogP contribution in [0.15, 0.2) is 9.98 Å². The monoisotopic (exact) mass is 225 g/mol. The van der Waals surface area contributed by atoms with E-state index in [1.54, 1.807) is 0 Å². The van der Waals surface area contributed by atoms with Gasteiger partial charge in [-0.25, -0.2) is 0 Å². The Morgan fingerprint density at radius 3 is 2.50 bits per heavy atom. The molecule has 4 N–H and O–H groups in total. The Hall–Kier alpha value is -1.26. The van der Waals surface area contributed by atoms with Crippen molar-refractivity contribution < 1.29 is 0 Å². The highest BCUT2D eigenvalue weighted by Gasteiger charge is 2.11. The van der Waals surface area contributed by atoms with Crippen LogP contribution >= 0.6 is 0 Å². The molecule has 1 aliphatic rings. The molecule has 0 saturated carbocycles. The van der Waals surface area contributed by atoms with E-state index in [0.29, 0.717) is 11.9 Å². The standard InChI is InChI=1S/C11H23N5/c1-2-3-7-14-10(12)15-11(13)16-8-5-4-6-9-16/h2-9H2,1H3,(H4,12,13,14,15). The van der Waals surface area contributed by atoms with Crippen molar-refractivity contribution in [1.82, 2.24) is 4.90 Å². The molecule has 0 bridgehead atoms. The van der Waals surface area contributed by atoms with E-state index in [9.17, 15) is 0 Å². The Balaban J connectivity index is 2.43. The average molecular weight is 225 g/mol. The molecule has 16 heavy (non-hydrogen) atoms. The first-order valence-electron chi connectivity index (χ1n) is 6.13. The van der Waals surface area contributed by atoms with Gasteiger partial charge in [0, 0.05) is 19.6 Å². The second-order valence-corrected chi connectivity index (χ2v) is 4.11. The molecule has 1 rings (SSSR count). The summed E-state index contributed by atoms with van der Waals surface area (Å²) in [5.41, 5.74) is 11.5. The van der Waals surface area contributed by atoms with Crippen LogP contribution in [0.25, 0.3) is 0 Å². The lowest BCUT2D eigenvalue weighted by atomic mass is 10.1. The Morgan fingerprint density at radius 2 is 1.88 bits per heavy atom. The summed E-state index contributed by atoms with van der Waals surface area (Å²) in [5, 5.41) is 0. The van der Waals surface area contributed by atoms with Crippen LogP contribution in [0, 0.1) is 0 Å². The van der Waals surface area contributed by atoms with Gasteiger partial charge in [0.15, 0.2) is 5.96 Å². The van der Waals surface area contributed by atoms with E-state index in [0.717, 1.165) is 32.5 Å². The van der Waals surface area contributed by atoms with Gasteiger partial charge in [-0.05, 0) is 25.7 Å². The molecule has 0 atom stereocenters. The van der Waals surface area contributed by atoms with Crippen molar-refractivity contribution in [1.29, 1.82) is 0 Å². The molecule has 5 nitrogen and oxygen atoms in total. The molecule has 0 unspecified atom stereocenters. The first-order chi connectivity index (χ1) is 7.74.